The Hall–Kier alpha value is 0.0569. The first-order valence-corrected chi connectivity index (χ1v) is 9.26. The molecule has 108 valence electrons. The molecule has 1 saturated heterocycles. The quantitative estimate of drug-likeness (QED) is 0.738. The molecule has 1 heterocycles. The molecule has 0 spiro atoms. The van der Waals surface area contributed by atoms with Crippen LogP contribution in [0.4, 0.5) is 0 Å². The van der Waals surface area contributed by atoms with Gasteiger partial charge in [0.2, 0.25) is 0 Å². The summed E-state index contributed by atoms with van der Waals surface area (Å²) in [5.41, 5.74) is 0. The SMILES string of the molecule is CCO[Si]1(OCC)CCCCCCN(C)CCO1. The van der Waals surface area contributed by atoms with E-state index in [2.05, 4.69) is 11.9 Å². The van der Waals surface area contributed by atoms with Crippen molar-refractivity contribution in [3.05, 3.63) is 0 Å². The maximum absolute atomic E-state index is 6.07. The predicted molar refractivity (Wildman–Crippen MR) is 75.7 cm³/mol. The van der Waals surface area contributed by atoms with Crippen LogP contribution in [-0.4, -0.2) is 53.7 Å². The topological polar surface area (TPSA) is 30.9 Å². The molecule has 0 aromatic rings. The van der Waals surface area contributed by atoms with Crippen LogP contribution in [0.2, 0.25) is 6.04 Å². The lowest BCUT2D eigenvalue weighted by molar-refractivity contribution is 0.0608. The first-order valence-electron chi connectivity index (χ1n) is 7.33. The molecule has 0 aromatic heterocycles. The van der Waals surface area contributed by atoms with Crippen molar-refractivity contribution in [3.8, 4) is 0 Å². The third kappa shape index (κ3) is 5.80. The minimum absolute atomic E-state index is 0.683. The zero-order chi connectivity index (χ0) is 13.3. The molecule has 1 aliphatic heterocycles. The molecule has 0 N–H and O–H groups in total. The summed E-state index contributed by atoms with van der Waals surface area (Å²) in [6, 6.07) is 0.971. The maximum atomic E-state index is 6.07. The molecule has 0 aromatic carbocycles. The smallest absolute Gasteiger partial charge is 0.374 e. The van der Waals surface area contributed by atoms with Gasteiger partial charge in [0.15, 0.2) is 0 Å². The Bertz CT molecular complexity index is 210. The van der Waals surface area contributed by atoms with Crippen molar-refractivity contribution in [1.29, 1.82) is 0 Å². The first kappa shape index (κ1) is 16.1. The summed E-state index contributed by atoms with van der Waals surface area (Å²) in [6.07, 6.45) is 5.00. The van der Waals surface area contributed by atoms with Crippen LogP contribution in [0.5, 0.6) is 0 Å². The van der Waals surface area contributed by atoms with E-state index < -0.39 is 8.80 Å². The fraction of sp³-hybridized carbons (Fsp3) is 1.00. The Morgan fingerprint density at radius 1 is 1.00 bits per heavy atom. The molecule has 0 amide bonds. The minimum atomic E-state index is -2.40. The normalized spacial score (nSPS) is 23.5. The lowest BCUT2D eigenvalue weighted by atomic mass is 10.2. The average Bonchev–Trinajstić information content (AvgIpc) is 2.37. The molecule has 5 heteroatoms. The Balaban J connectivity index is 2.59. The summed E-state index contributed by atoms with van der Waals surface area (Å²) in [5, 5.41) is 0. The summed E-state index contributed by atoms with van der Waals surface area (Å²) in [5.74, 6) is 0. The predicted octanol–water partition coefficient (Wildman–Crippen LogP) is 2.52. The zero-order valence-corrected chi connectivity index (χ0v) is 13.2. The second kappa shape index (κ2) is 9.04. The summed E-state index contributed by atoms with van der Waals surface area (Å²) in [4.78, 5) is 2.34. The number of hydrogen-bond acceptors (Lipinski definition) is 4. The van der Waals surface area contributed by atoms with Crippen LogP contribution in [-0.2, 0) is 13.3 Å². The van der Waals surface area contributed by atoms with Gasteiger partial charge in [0, 0.05) is 25.8 Å². The van der Waals surface area contributed by atoms with Crippen molar-refractivity contribution in [2.45, 2.75) is 45.6 Å². The Morgan fingerprint density at radius 2 is 1.67 bits per heavy atom. The van der Waals surface area contributed by atoms with E-state index in [1.165, 1.54) is 25.8 Å². The fourth-order valence-electron chi connectivity index (χ4n) is 2.33. The van der Waals surface area contributed by atoms with E-state index in [9.17, 15) is 0 Å². The van der Waals surface area contributed by atoms with Gasteiger partial charge in [-0.25, -0.2) is 0 Å². The number of nitrogens with zero attached hydrogens (tertiary/aromatic N) is 1. The molecule has 0 bridgehead atoms. The largest absolute Gasteiger partial charge is 0.500 e. The Labute approximate surface area is 113 Å². The van der Waals surface area contributed by atoms with E-state index in [1.807, 2.05) is 13.8 Å². The fourth-order valence-corrected chi connectivity index (χ4v) is 4.97. The standard InChI is InChI=1S/C13H29NO3Si/c1-4-15-18(16-5-2)13-9-7-6-8-10-14(3)11-12-17-18/h4-13H2,1-3H3. The maximum Gasteiger partial charge on any atom is 0.500 e. The van der Waals surface area contributed by atoms with Crippen molar-refractivity contribution in [2.24, 2.45) is 0 Å². The molecule has 18 heavy (non-hydrogen) atoms. The zero-order valence-electron chi connectivity index (χ0n) is 12.2. The van der Waals surface area contributed by atoms with Crippen molar-refractivity contribution in [1.82, 2.24) is 4.90 Å². The van der Waals surface area contributed by atoms with E-state index in [0.29, 0.717) is 13.2 Å². The molecular formula is C13H29NO3Si. The van der Waals surface area contributed by atoms with E-state index in [-0.39, 0.29) is 0 Å². The van der Waals surface area contributed by atoms with Crippen LogP contribution in [0.15, 0.2) is 0 Å². The van der Waals surface area contributed by atoms with Crippen LogP contribution >= 0.6 is 0 Å². The van der Waals surface area contributed by atoms with Gasteiger partial charge >= 0.3 is 8.80 Å². The third-order valence-electron chi connectivity index (χ3n) is 3.30. The molecule has 0 radical (unpaired) electrons. The highest BCUT2D eigenvalue weighted by Gasteiger charge is 2.40. The van der Waals surface area contributed by atoms with Crippen molar-refractivity contribution >= 4 is 8.80 Å². The second-order valence-electron chi connectivity index (χ2n) is 4.86. The highest BCUT2D eigenvalue weighted by atomic mass is 28.4. The van der Waals surface area contributed by atoms with Crippen molar-refractivity contribution in [2.75, 3.05) is 40.0 Å². The lowest BCUT2D eigenvalue weighted by Gasteiger charge is -2.29. The van der Waals surface area contributed by atoms with E-state index >= 15 is 0 Å². The van der Waals surface area contributed by atoms with Gasteiger partial charge in [-0.15, -0.1) is 0 Å². The highest BCUT2D eigenvalue weighted by molar-refractivity contribution is 6.60. The molecule has 0 unspecified atom stereocenters. The average molecular weight is 275 g/mol. The van der Waals surface area contributed by atoms with E-state index in [4.69, 9.17) is 13.3 Å². The molecule has 1 fully saturated rings. The van der Waals surface area contributed by atoms with Gasteiger partial charge in [-0.2, -0.15) is 0 Å². The molecule has 4 nitrogen and oxygen atoms in total. The van der Waals surface area contributed by atoms with Crippen molar-refractivity contribution < 1.29 is 13.3 Å². The van der Waals surface area contributed by atoms with Gasteiger partial charge in [-0.05, 0) is 40.3 Å². The number of hydrogen-bond donors (Lipinski definition) is 0. The van der Waals surface area contributed by atoms with E-state index in [0.717, 1.165) is 25.6 Å². The first-order chi connectivity index (χ1) is 8.72. The van der Waals surface area contributed by atoms with Crippen LogP contribution in [0.1, 0.15) is 39.5 Å². The van der Waals surface area contributed by atoms with Crippen LogP contribution in [0.3, 0.4) is 0 Å². The summed E-state index contributed by atoms with van der Waals surface area (Å²) >= 11 is 0. The van der Waals surface area contributed by atoms with Gasteiger partial charge in [0.25, 0.3) is 0 Å². The Morgan fingerprint density at radius 3 is 2.33 bits per heavy atom. The van der Waals surface area contributed by atoms with Gasteiger partial charge < -0.3 is 18.2 Å². The monoisotopic (exact) mass is 275 g/mol. The third-order valence-corrected chi connectivity index (χ3v) is 6.36. The number of likely N-dealkylation sites (N-methyl/N-ethyl adjacent to an activating group) is 1. The molecular weight excluding hydrogens is 246 g/mol. The molecule has 0 atom stereocenters. The summed E-state index contributed by atoms with van der Waals surface area (Å²) < 4.78 is 17.9. The second-order valence-corrected chi connectivity index (χ2v) is 7.60. The van der Waals surface area contributed by atoms with Gasteiger partial charge in [0.1, 0.15) is 0 Å². The van der Waals surface area contributed by atoms with Gasteiger partial charge in [-0.3, -0.25) is 0 Å². The van der Waals surface area contributed by atoms with Crippen LogP contribution < -0.4 is 0 Å². The van der Waals surface area contributed by atoms with Crippen molar-refractivity contribution in [3.63, 3.8) is 0 Å². The van der Waals surface area contributed by atoms with Gasteiger partial charge in [0.05, 0.1) is 6.61 Å². The molecule has 1 rings (SSSR count). The summed E-state index contributed by atoms with van der Waals surface area (Å²) in [7, 11) is -0.240. The highest BCUT2D eigenvalue weighted by Crippen LogP contribution is 2.21. The minimum Gasteiger partial charge on any atom is -0.374 e. The van der Waals surface area contributed by atoms with Crippen LogP contribution in [0.25, 0.3) is 0 Å². The van der Waals surface area contributed by atoms with Crippen LogP contribution in [0, 0.1) is 0 Å². The molecule has 1 aliphatic rings. The molecule has 0 saturated carbocycles. The summed E-state index contributed by atoms with van der Waals surface area (Å²) in [6.45, 7) is 8.27. The molecule has 0 aliphatic carbocycles. The van der Waals surface area contributed by atoms with Gasteiger partial charge in [-0.1, -0.05) is 12.8 Å². The Kier molecular flexibility index (Phi) is 8.09. The lowest BCUT2D eigenvalue weighted by Crippen LogP contribution is -2.47. The van der Waals surface area contributed by atoms with E-state index in [1.54, 1.807) is 0 Å². The number of rotatable bonds is 4.